The van der Waals surface area contributed by atoms with Crippen molar-refractivity contribution >= 4 is 28.9 Å². The molecule has 1 aliphatic heterocycles. The van der Waals surface area contributed by atoms with E-state index < -0.39 is 12.1 Å². The molecule has 2 heterocycles. The van der Waals surface area contributed by atoms with Gasteiger partial charge in [-0.15, -0.1) is 11.3 Å². The minimum Gasteiger partial charge on any atom is -0.448 e. The van der Waals surface area contributed by atoms with Crippen LogP contribution >= 0.6 is 11.3 Å². The summed E-state index contributed by atoms with van der Waals surface area (Å²) < 4.78 is 5.17. The van der Waals surface area contributed by atoms with E-state index in [1.54, 1.807) is 18.0 Å². The largest absolute Gasteiger partial charge is 0.448 e. The summed E-state index contributed by atoms with van der Waals surface area (Å²) in [5.41, 5.74) is 6.24. The fraction of sp³-hybridized carbons (Fsp3) is 0.455. The molecule has 1 unspecified atom stereocenters. The summed E-state index contributed by atoms with van der Waals surface area (Å²) in [6, 6.07) is 1.59. The number of nitrogens with zero attached hydrogens (tertiary/aromatic N) is 1. The molecule has 1 atom stereocenters. The topological polar surface area (TPSA) is 72.6 Å². The zero-order valence-corrected chi connectivity index (χ0v) is 10.5. The van der Waals surface area contributed by atoms with Crippen molar-refractivity contribution in [1.29, 1.82) is 0 Å². The van der Waals surface area contributed by atoms with Crippen LogP contribution in [-0.4, -0.2) is 36.5 Å². The van der Waals surface area contributed by atoms with E-state index in [0.717, 1.165) is 4.88 Å². The van der Waals surface area contributed by atoms with Crippen molar-refractivity contribution in [2.24, 2.45) is 0 Å². The first-order valence-electron chi connectivity index (χ1n) is 5.31. The van der Waals surface area contributed by atoms with Gasteiger partial charge in [0.15, 0.2) is 6.10 Å². The molecule has 0 bridgehead atoms. The van der Waals surface area contributed by atoms with Crippen LogP contribution in [0.5, 0.6) is 0 Å². The molecular formula is C11H14N2O3S. The molecule has 0 saturated carbocycles. The van der Waals surface area contributed by atoms with Gasteiger partial charge in [0.05, 0.1) is 0 Å². The molecule has 17 heavy (non-hydrogen) atoms. The standard InChI is InChI=1S/C11H14N2O3S/c1-6-7(12)5-9(17-6)11(15)16-8-3-4-13(2)10(8)14/h5,8H,3-4,12H2,1-2H3. The summed E-state index contributed by atoms with van der Waals surface area (Å²) in [6.45, 7) is 2.47. The molecule has 0 spiro atoms. The number of hydrogen-bond acceptors (Lipinski definition) is 5. The quantitative estimate of drug-likeness (QED) is 0.800. The molecule has 1 aromatic rings. The third-order valence-electron chi connectivity index (χ3n) is 2.79. The maximum atomic E-state index is 11.8. The molecular weight excluding hydrogens is 240 g/mol. The average Bonchev–Trinajstić information content (AvgIpc) is 2.77. The number of aryl methyl sites for hydroxylation is 1. The van der Waals surface area contributed by atoms with Crippen molar-refractivity contribution in [3.8, 4) is 0 Å². The van der Waals surface area contributed by atoms with Crippen molar-refractivity contribution in [3.63, 3.8) is 0 Å². The molecule has 1 fully saturated rings. The van der Waals surface area contributed by atoms with Crippen LogP contribution < -0.4 is 5.73 Å². The molecule has 1 saturated heterocycles. The minimum atomic E-state index is -0.642. The predicted molar refractivity (Wildman–Crippen MR) is 64.9 cm³/mol. The minimum absolute atomic E-state index is 0.139. The molecule has 1 aromatic heterocycles. The van der Waals surface area contributed by atoms with Crippen LogP contribution in [0.15, 0.2) is 6.07 Å². The van der Waals surface area contributed by atoms with E-state index in [1.165, 1.54) is 11.3 Å². The second-order valence-corrected chi connectivity index (χ2v) is 5.32. The fourth-order valence-corrected chi connectivity index (χ4v) is 2.51. The van der Waals surface area contributed by atoms with Crippen LogP contribution in [0.1, 0.15) is 21.0 Å². The zero-order valence-electron chi connectivity index (χ0n) is 9.73. The van der Waals surface area contributed by atoms with Gasteiger partial charge in [-0.2, -0.15) is 0 Å². The highest BCUT2D eigenvalue weighted by molar-refractivity contribution is 7.14. The molecule has 2 N–H and O–H groups in total. The summed E-state index contributed by atoms with van der Waals surface area (Å²) in [7, 11) is 1.70. The number of thiophene rings is 1. The van der Waals surface area contributed by atoms with Crippen LogP contribution in [-0.2, 0) is 9.53 Å². The van der Waals surface area contributed by atoms with E-state index in [-0.39, 0.29) is 5.91 Å². The Morgan fingerprint density at radius 2 is 2.35 bits per heavy atom. The number of nitrogens with two attached hydrogens (primary N) is 1. The Balaban J connectivity index is 2.05. The van der Waals surface area contributed by atoms with Crippen LogP contribution in [0.2, 0.25) is 0 Å². The SMILES string of the molecule is Cc1sc(C(=O)OC2CCN(C)C2=O)cc1N. The Hall–Kier alpha value is -1.56. The van der Waals surface area contributed by atoms with E-state index >= 15 is 0 Å². The monoisotopic (exact) mass is 254 g/mol. The maximum absolute atomic E-state index is 11.8. The number of likely N-dealkylation sites (N-methyl/N-ethyl adjacent to an activating group) is 1. The van der Waals surface area contributed by atoms with Gasteiger partial charge in [0.1, 0.15) is 4.88 Å². The molecule has 92 valence electrons. The molecule has 2 rings (SSSR count). The average molecular weight is 254 g/mol. The van der Waals surface area contributed by atoms with Crippen molar-refractivity contribution in [2.45, 2.75) is 19.4 Å². The Kier molecular flexibility index (Phi) is 3.06. The van der Waals surface area contributed by atoms with Crippen molar-refractivity contribution < 1.29 is 14.3 Å². The van der Waals surface area contributed by atoms with E-state index in [0.29, 0.717) is 23.5 Å². The summed E-state index contributed by atoms with van der Waals surface area (Å²) in [6.07, 6.45) is -0.0860. The number of ether oxygens (including phenoxy) is 1. The number of hydrogen-bond donors (Lipinski definition) is 1. The Bertz CT molecular complexity index is 450. The first kappa shape index (κ1) is 11.9. The van der Waals surface area contributed by atoms with Gasteiger partial charge >= 0.3 is 5.97 Å². The number of likely N-dealkylation sites (tertiary alicyclic amines) is 1. The fourth-order valence-electron chi connectivity index (χ4n) is 1.68. The van der Waals surface area contributed by atoms with Crippen molar-refractivity contribution in [2.75, 3.05) is 19.3 Å². The predicted octanol–water partition coefficient (Wildman–Crippen LogP) is 1.03. The molecule has 0 radical (unpaired) electrons. The van der Waals surface area contributed by atoms with Gasteiger partial charge in [0, 0.05) is 30.6 Å². The highest BCUT2D eigenvalue weighted by atomic mass is 32.1. The van der Waals surface area contributed by atoms with Crippen LogP contribution in [0.25, 0.3) is 0 Å². The summed E-state index contributed by atoms with van der Waals surface area (Å²) in [4.78, 5) is 26.2. The van der Waals surface area contributed by atoms with Gasteiger partial charge in [0.25, 0.3) is 5.91 Å². The third kappa shape index (κ3) is 2.26. The van der Waals surface area contributed by atoms with Crippen LogP contribution in [0.4, 0.5) is 5.69 Å². The van der Waals surface area contributed by atoms with Crippen LogP contribution in [0.3, 0.4) is 0 Å². The Morgan fingerprint density at radius 3 is 2.82 bits per heavy atom. The van der Waals surface area contributed by atoms with Gasteiger partial charge in [-0.3, -0.25) is 4.79 Å². The smallest absolute Gasteiger partial charge is 0.349 e. The number of esters is 1. The normalized spacial score (nSPS) is 19.8. The number of carbonyl (C=O) groups excluding carboxylic acids is 2. The highest BCUT2D eigenvalue weighted by Gasteiger charge is 2.32. The van der Waals surface area contributed by atoms with Crippen molar-refractivity contribution in [1.82, 2.24) is 4.90 Å². The first-order chi connectivity index (χ1) is 7.99. The van der Waals surface area contributed by atoms with Gasteiger partial charge in [-0.05, 0) is 13.0 Å². The Labute approximate surface area is 103 Å². The van der Waals surface area contributed by atoms with Gasteiger partial charge < -0.3 is 15.4 Å². The highest BCUT2D eigenvalue weighted by Crippen LogP contribution is 2.25. The number of amides is 1. The lowest BCUT2D eigenvalue weighted by molar-refractivity contribution is -0.133. The van der Waals surface area contributed by atoms with Crippen LogP contribution in [0, 0.1) is 6.92 Å². The third-order valence-corrected chi connectivity index (χ3v) is 3.83. The molecule has 1 amide bonds. The van der Waals surface area contributed by atoms with Gasteiger partial charge in [0.2, 0.25) is 0 Å². The molecule has 6 heteroatoms. The lowest BCUT2D eigenvalue weighted by atomic mass is 10.3. The van der Waals surface area contributed by atoms with Gasteiger partial charge in [-0.1, -0.05) is 0 Å². The molecule has 0 aliphatic carbocycles. The summed E-state index contributed by atoms with van der Waals surface area (Å²) >= 11 is 1.28. The molecule has 0 aromatic carbocycles. The van der Waals surface area contributed by atoms with Gasteiger partial charge in [-0.25, -0.2) is 4.79 Å². The zero-order chi connectivity index (χ0) is 12.6. The number of carbonyl (C=O) groups is 2. The Morgan fingerprint density at radius 1 is 1.65 bits per heavy atom. The first-order valence-corrected chi connectivity index (χ1v) is 6.12. The lowest BCUT2D eigenvalue weighted by Gasteiger charge is -2.10. The summed E-state index contributed by atoms with van der Waals surface area (Å²) in [5.74, 6) is -0.608. The van der Waals surface area contributed by atoms with Crippen molar-refractivity contribution in [3.05, 3.63) is 15.8 Å². The molecule has 5 nitrogen and oxygen atoms in total. The van der Waals surface area contributed by atoms with E-state index in [1.807, 2.05) is 6.92 Å². The number of rotatable bonds is 2. The lowest BCUT2D eigenvalue weighted by Crippen LogP contribution is -2.29. The van der Waals surface area contributed by atoms with E-state index in [9.17, 15) is 9.59 Å². The number of nitrogen functional groups attached to an aromatic ring is 1. The van der Waals surface area contributed by atoms with E-state index in [2.05, 4.69) is 0 Å². The molecule has 1 aliphatic rings. The summed E-state index contributed by atoms with van der Waals surface area (Å²) in [5, 5.41) is 0. The van der Waals surface area contributed by atoms with E-state index in [4.69, 9.17) is 10.5 Å². The maximum Gasteiger partial charge on any atom is 0.349 e. The second-order valence-electron chi connectivity index (χ2n) is 4.06. The number of anilines is 1. The second kappa shape index (κ2) is 4.37.